The zero-order chi connectivity index (χ0) is 10.5. The molecule has 1 aromatic carbocycles. The molecule has 0 unspecified atom stereocenters. The maximum atomic E-state index is 10.0. The van der Waals surface area contributed by atoms with Crippen molar-refractivity contribution >= 4 is 6.08 Å². The van der Waals surface area contributed by atoms with Gasteiger partial charge >= 0.3 is 0 Å². The normalized spacial score (nSPS) is 9.60. The van der Waals surface area contributed by atoms with Crippen molar-refractivity contribution in [1.29, 1.82) is 0 Å². The van der Waals surface area contributed by atoms with Crippen molar-refractivity contribution in [3.05, 3.63) is 42.2 Å². The Morgan fingerprint density at radius 3 is 3.00 bits per heavy atom. The van der Waals surface area contributed by atoms with Gasteiger partial charge in [-0.15, -0.1) is 5.10 Å². The molecule has 15 heavy (non-hydrogen) atoms. The fraction of sp³-hybridized carbons (Fsp3) is 0.100. The van der Waals surface area contributed by atoms with E-state index in [2.05, 4.69) is 15.3 Å². The Balaban J connectivity index is 2.42. The van der Waals surface area contributed by atoms with Crippen LogP contribution in [0.4, 0.5) is 0 Å². The smallest absolute Gasteiger partial charge is 0.220 e. The van der Waals surface area contributed by atoms with Crippen LogP contribution in [-0.4, -0.2) is 21.1 Å². The first-order valence-electron chi connectivity index (χ1n) is 4.40. The van der Waals surface area contributed by atoms with Crippen LogP contribution in [0.15, 0.2) is 41.7 Å². The second-order valence-electron chi connectivity index (χ2n) is 2.88. The quantitative estimate of drug-likeness (QED) is 0.550. The van der Waals surface area contributed by atoms with E-state index in [-0.39, 0.29) is 0 Å². The zero-order valence-corrected chi connectivity index (χ0v) is 7.87. The van der Waals surface area contributed by atoms with Gasteiger partial charge in [-0.3, -0.25) is 0 Å². The molecule has 2 aromatic rings. The fourth-order valence-electron chi connectivity index (χ4n) is 1.32. The number of hydrogen-bond donors (Lipinski definition) is 0. The van der Waals surface area contributed by atoms with Crippen LogP contribution >= 0.6 is 0 Å². The highest BCUT2D eigenvalue weighted by atomic mass is 16.1. The van der Waals surface area contributed by atoms with Crippen molar-refractivity contribution < 1.29 is 4.79 Å². The molecular formula is C10H8N4O. The third-order valence-corrected chi connectivity index (χ3v) is 1.97. The third kappa shape index (κ3) is 1.98. The SMILES string of the molecule is O=C=NCc1ccccc1-n1ccnn1. The predicted octanol–water partition coefficient (Wildman–Crippen LogP) is 1.10. The van der Waals surface area contributed by atoms with E-state index in [1.807, 2.05) is 24.3 Å². The second kappa shape index (κ2) is 4.30. The Morgan fingerprint density at radius 2 is 2.27 bits per heavy atom. The summed E-state index contributed by atoms with van der Waals surface area (Å²) in [5, 5.41) is 7.61. The van der Waals surface area contributed by atoms with Crippen molar-refractivity contribution in [1.82, 2.24) is 15.0 Å². The standard InChI is InChI=1S/C10H8N4O/c15-8-11-7-9-3-1-2-4-10(9)14-6-5-12-13-14/h1-6H,7H2. The lowest BCUT2D eigenvalue weighted by Gasteiger charge is -2.04. The van der Waals surface area contributed by atoms with Gasteiger partial charge < -0.3 is 0 Å². The minimum absolute atomic E-state index is 0.305. The Hall–Kier alpha value is -2.26. The van der Waals surface area contributed by atoms with Gasteiger partial charge in [0, 0.05) is 5.56 Å². The Morgan fingerprint density at radius 1 is 1.40 bits per heavy atom. The van der Waals surface area contributed by atoms with Gasteiger partial charge in [0.1, 0.15) is 0 Å². The van der Waals surface area contributed by atoms with Crippen molar-refractivity contribution in [2.75, 3.05) is 0 Å². The fourth-order valence-corrected chi connectivity index (χ4v) is 1.32. The van der Waals surface area contributed by atoms with Crippen molar-refractivity contribution in [3.8, 4) is 5.69 Å². The van der Waals surface area contributed by atoms with Gasteiger partial charge in [-0.25, -0.2) is 14.5 Å². The molecule has 2 rings (SSSR count). The number of rotatable bonds is 3. The maximum absolute atomic E-state index is 10.0. The van der Waals surface area contributed by atoms with E-state index in [0.29, 0.717) is 6.54 Å². The molecule has 0 atom stereocenters. The monoisotopic (exact) mass is 200 g/mol. The summed E-state index contributed by atoms with van der Waals surface area (Å²) in [7, 11) is 0. The molecular weight excluding hydrogens is 192 g/mol. The highest BCUT2D eigenvalue weighted by Crippen LogP contribution is 2.13. The average molecular weight is 200 g/mol. The largest absolute Gasteiger partial charge is 0.235 e. The first-order valence-corrected chi connectivity index (χ1v) is 4.40. The highest BCUT2D eigenvalue weighted by molar-refractivity contribution is 5.41. The summed E-state index contributed by atoms with van der Waals surface area (Å²) in [5.41, 5.74) is 1.78. The molecule has 0 saturated carbocycles. The van der Waals surface area contributed by atoms with Crippen LogP contribution in [0.5, 0.6) is 0 Å². The molecule has 0 saturated heterocycles. The van der Waals surface area contributed by atoms with Gasteiger partial charge in [-0.05, 0) is 6.07 Å². The minimum Gasteiger partial charge on any atom is -0.220 e. The van der Waals surface area contributed by atoms with Gasteiger partial charge in [0.05, 0.1) is 24.6 Å². The van der Waals surface area contributed by atoms with Gasteiger partial charge in [0.2, 0.25) is 6.08 Å². The summed E-state index contributed by atoms with van der Waals surface area (Å²) in [6, 6.07) is 7.56. The molecule has 5 nitrogen and oxygen atoms in total. The van der Waals surface area contributed by atoms with Crippen LogP contribution in [0, 0.1) is 0 Å². The first-order chi connectivity index (χ1) is 7.42. The van der Waals surface area contributed by atoms with Crippen LogP contribution in [0.25, 0.3) is 5.69 Å². The lowest BCUT2D eigenvalue weighted by atomic mass is 10.2. The van der Waals surface area contributed by atoms with E-state index in [1.54, 1.807) is 17.1 Å². The number of para-hydroxylation sites is 1. The van der Waals surface area contributed by atoms with E-state index in [9.17, 15) is 4.79 Å². The lowest BCUT2D eigenvalue weighted by molar-refractivity contribution is 0.562. The van der Waals surface area contributed by atoms with E-state index >= 15 is 0 Å². The van der Waals surface area contributed by atoms with Gasteiger partial charge in [-0.2, -0.15) is 0 Å². The zero-order valence-electron chi connectivity index (χ0n) is 7.87. The second-order valence-corrected chi connectivity index (χ2v) is 2.88. The molecule has 0 aliphatic carbocycles. The molecule has 0 radical (unpaired) electrons. The van der Waals surface area contributed by atoms with E-state index in [1.165, 1.54) is 6.08 Å². The van der Waals surface area contributed by atoms with Crippen LogP contribution in [0.2, 0.25) is 0 Å². The third-order valence-electron chi connectivity index (χ3n) is 1.97. The average Bonchev–Trinajstić information content (AvgIpc) is 2.80. The molecule has 1 heterocycles. The van der Waals surface area contributed by atoms with Crippen LogP contribution in [0.3, 0.4) is 0 Å². The summed E-state index contributed by atoms with van der Waals surface area (Å²) in [4.78, 5) is 13.6. The van der Waals surface area contributed by atoms with Gasteiger partial charge in [0.15, 0.2) is 0 Å². The first kappa shape index (κ1) is 9.30. The molecule has 1 aromatic heterocycles. The number of aliphatic imine (C=N–C) groups is 1. The summed E-state index contributed by atoms with van der Waals surface area (Å²) >= 11 is 0. The van der Waals surface area contributed by atoms with Gasteiger partial charge in [0.25, 0.3) is 0 Å². The molecule has 0 spiro atoms. The maximum Gasteiger partial charge on any atom is 0.235 e. The van der Waals surface area contributed by atoms with Crippen molar-refractivity contribution in [2.45, 2.75) is 6.54 Å². The number of hydrogen-bond acceptors (Lipinski definition) is 4. The molecule has 74 valence electrons. The lowest BCUT2D eigenvalue weighted by Crippen LogP contribution is -1.99. The summed E-state index contributed by atoms with van der Waals surface area (Å²) in [6.45, 7) is 0.305. The van der Waals surface area contributed by atoms with Crippen LogP contribution < -0.4 is 0 Å². The number of carbonyl (C=O) groups excluding carboxylic acids is 1. The molecule has 0 fully saturated rings. The van der Waals surface area contributed by atoms with E-state index in [0.717, 1.165) is 11.3 Å². The van der Waals surface area contributed by atoms with Gasteiger partial charge in [-0.1, -0.05) is 23.4 Å². The van der Waals surface area contributed by atoms with E-state index < -0.39 is 0 Å². The number of benzene rings is 1. The Labute approximate surface area is 86.1 Å². The topological polar surface area (TPSA) is 60.1 Å². The van der Waals surface area contributed by atoms with Crippen LogP contribution in [0.1, 0.15) is 5.56 Å². The number of nitrogens with zero attached hydrogens (tertiary/aromatic N) is 4. The summed E-state index contributed by atoms with van der Waals surface area (Å²) in [6.07, 6.45) is 4.85. The molecule has 0 aliphatic rings. The Bertz CT molecular complexity index is 486. The summed E-state index contributed by atoms with van der Waals surface area (Å²) < 4.78 is 1.63. The predicted molar refractivity (Wildman–Crippen MR) is 53.2 cm³/mol. The Kier molecular flexibility index (Phi) is 2.67. The minimum atomic E-state index is 0.305. The molecule has 0 amide bonds. The number of aromatic nitrogens is 3. The number of isocyanates is 1. The molecule has 0 aliphatic heterocycles. The van der Waals surface area contributed by atoms with Crippen LogP contribution in [-0.2, 0) is 11.3 Å². The van der Waals surface area contributed by atoms with Crippen molar-refractivity contribution in [2.24, 2.45) is 4.99 Å². The molecule has 5 heteroatoms. The highest BCUT2D eigenvalue weighted by Gasteiger charge is 2.03. The molecule has 0 bridgehead atoms. The summed E-state index contributed by atoms with van der Waals surface area (Å²) in [5.74, 6) is 0. The van der Waals surface area contributed by atoms with E-state index in [4.69, 9.17) is 0 Å². The van der Waals surface area contributed by atoms with Crippen molar-refractivity contribution in [3.63, 3.8) is 0 Å². The molecule has 0 N–H and O–H groups in total.